The predicted octanol–water partition coefficient (Wildman–Crippen LogP) is 2.86. The molecule has 0 saturated carbocycles. The molecular formula is C14H13N3OS. The summed E-state index contributed by atoms with van der Waals surface area (Å²) in [5.74, 6) is -0.0825. The van der Waals surface area contributed by atoms with Crippen LogP contribution in [-0.4, -0.2) is 15.9 Å². The molecule has 1 amide bonds. The molecule has 2 aromatic heterocycles. The molecule has 0 bridgehead atoms. The Morgan fingerprint density at radius 2 is 2.32 bits per heavy atom. The third kappa shape index (κ3) is 2.37. The van der Waals surface area contributed by atoms with Gasteiger partial charge in [0.05, 0.1) is 17.6 Å². The molecule has 0 aliphatic rings. The second kappa shape index (κ2) is 4.85. The lowest BCUT2D eigenvalue weighted by Gasteiger charge is -2.04. The van der Waals surface area contributed by atoms with Crippen molar-refractivity contribution < 1.29 is 4.79 Å². The van der Waals surface area contributed by atoms with Gasteiger partial charge in [-0.15, -0.1) is 11.3 Å². The van der Waals surface area contributed by atoms with Crippen LogP contribution >= 0.6 is 11.3 Å². The Balaban J connectivity index is 1.78. The van der Waals surface area contributed by atoms with Gasteiger partial charge in [-0.2, -0.15) is 0 Å². The molecule has 0 unspecified atom stereocenters. The van der Waals surface area contributed by atoms with Gasteiger partial charge >= 0.3 is 0 Å². The summed E-state index contributed by atoms with van der Waals surface area (Å²) in [6, 6.07) is 7.64. The Kier molecular flexibility index (Phi) is 3.05. The zero-order chi connectivity index (χ0) is 13.2. The van der Waals surface area contributed by atoms with Crippen LogP contribution in [0.1, 0.15) is 20.2 Å². The van der Waals surface area contributed by atoms with E-state index in [1.165, 1.54) is 0 Å². The minimum atomic E-state index is -0.0825. The van der Waals surface area contributed by atoms with Crippen LogP contribution in [0.25, 0.3) is 10.9 Å². The van der Waals surface area contributed by atoms with Crippen molar-refractivity contribution in [3.05, 3.63) is 52.1 Å². The molecular weight excluding hydrogens is 258 g/mol. The van der Waals surface area contributed by atoms with Gasteiger partial charge in [-0.1, -0.05) is 12.1 Å². The second-order valence-electron chi connectivity index (χ2n) is 4.29. The Hall–Kier alpha value is -2.14. The number of hydrogen-bond donors (Lipinski definition) is 2. The van der Waals surface area contributed by atoms with Crippen LogP contribution in [0.4, 0.5) is 0 Å². The highest BCUT2D eigenvalue weighted by molar-refractivity contribution is 7.11. The van der Waals surface area contributed by atoms with Gasteiger partial charge in [0.2, 0.25) is 0 Å². The maximum absolute atomic E-state index is 12.2. The number of nitrogens with zero attached hydrogens (tertiary/aromatic N) is 1. The molecule has 96 valence electrons. The molecule has 3 rings (SSSR count). The predicted molar refractivity (Wildman–Crippen MR) is 76.3 cm³/mol. The largest absolute Gasteiger partial charge is 0.361 e. The summed E-state index contributed by atoms with van der Waals surface area (Å²) in [6.07, 6.45) is 3.66. The minimum Gasteiger partial charge on any atom is -0.361 e. The number of aryl methyl sites for hydroxylation is 1. The molecule has 2 heterocycles. The van der Waals surface area contributed by atoms with E-state index < -0.39 is 0 Å². The van der Waals surface area contributed by atoms with Crippen molar-refractivity contribution in [3.63, 3.8) is 0 Å². The average Bonchev–Trinajstić information content (AvgIpc) is 3.03. The van der Waals surface area contributed by atoms with Gasteiger partial charge in [0.15, 0.2) is 0 Å². The Labute approximate surface area is 114 Å². The number of carbonyl (C=O) groups is 1. The molecule has 0 radical (unpaired) electrons. The lowest BCUT2D eigenvalue weighted by atomic mass is 10.1. The zero-order valence-corrected chi connectivity index (χ0v) is 11.3. The number of thiazole rings is 1. The number of fused-ring (bicyclic) bond motifs is 1. The van der Waals surface area contributed by atoms with Crippen molar-refractivity contribution in [3.8, 4) is 0 Å². The Bertz CT molecular complexity index is 729. The maximum Gasteiger partial charge on any atom is 0.253 e. The van der Waals surface area contributed by atoms with Crippen LogP contribution < -0.4 is 5.32 Å². The molecule has 0 aliphatic carbocycles. The monoisotopic (exact) mass is 271 g/mol. The lowest BCUT2D eigenvalue weighted by molar-refractivity contribution is 0.0952. The fourth-order valence-electron chi connectivity index (χ4n) is 2.01. The van der Waals surface area contributed by atoms with Crippen LogP contribution in [0.5, 0.6) is 0 Å². The van der Waals surface area contributed by atoms with Crippen molar-refractivity contribution in [2.75, 3.05) is 0 Å². The standard InChI is InChI=1S/C14H13N3OS/c1-9-7-16-12(19-9)8-17-14(18)11-4-2-3-10-5-6-15-13(10)11/h2-7,15H,8H2,1H3,(H,17,18). The van der Waals surface area contributed by atoms with Gasteiger partial charge in [0.25, 0.3) is 5.91 Å². The summed E-state index contributed by atoms with van der Waals surface area (Å²) in [7, 11) is 0. The van der Waals surface area contributed by atoms with Crippen LogP contribution in [0.15, 0.2) is 36.7 Å². The third-order valence-corrected chi connectivity index (χ3v) is 3.81. The van der Waals surface area contributed by atoms with Crippen molar-refractivity contribution >= 4 is 28.1 Å². The Morgan fingerprint density at radius 1 is 1.42 bits per heavy atom. The molecule has 4 nitrogen and oxygen atoms in total. The van der Waals surface area contributed by atoms with Gasteiger partial charge in [0, 0.05) is 22.7 Å². The van der Waals surface area contributed by atoms with Crippen molar-refractivity contribution in [2.24, 2.45) is 0 Å². The van der Waals surface area contributed by atoms with E-state index in [0.29, 0.717) is 12.1 Å². The molecule has 0 fully saturated rings. The number of hydrogen-bond acceptors (Lipinski definition) is 3. The first-order valence-corrected chi connectivity index (χ1v) is 6.81. The zero-order valence-electron chi connectivity index (χ0n) is 10.4. The number of aromatic nitrogens is 2. The van der Waals surface area contributed by atoms with E-state index in [9.17, 15) is 4.79 Å². The molecule has 19 heavy (non-hydrogen) atoms. The van der Waals surface area contributed by atoms with Crippen LogP contribution in [0, 0.1) is 6.92 Å². The Morgan fingerprint density at radius 3 is 3.11 bits per heavy atom. The molecule has 2 N–H and O–H groups in total. The van der Waals surface area contributed by atoms with Gasteiger partial charge < -0.3 is 10.3 Å². The molecule has 0 spiro atoms. The first-order valence-electron chi connectivity index (χ1n) is 5.99. The van der Waals surface area contributed by atoms with Crippen LogP contribution in [0.3, 0.4) is 0 Å². The highest BCUT2D eigenvalue weighted by Gasteiger charge is 2.10. The normalized spacial score (nSPS) is 10.8. The smallest absolute Gasteiger partial charge is 0.253 e. The fraction of sp³-hybridized carbons (Fsp3) is 0.143. The summed E-state index contributed by atoms with van der Waals surface area (Å²) in [4.78, 5) is 20.7. The number of H-pyrrole nitrogens is 1. The lowest BCUT2D eigenvalue weighted by Crippen LogP contribution is -2.22. The number of carbonyl (C=O) groups excluding carboxylic acids is 1. The summed E-state index contributed by atoms with van der Waals surface area (Å²) < 4.78 is 0. The fourth-order valence-corrected chi connectivity index (χ4v) is 2.74. The number of nitrogens with one attached hydrogen (secondary N) is 2. The molecule has 1 aromatic carbocycles. The maximum atomic E-state index is 12.2. The number of benzene rings is 1. The molecule has 5 heteroatoms. The summed E-state index contributed by atoms with van der Waals surface area (Å²) >= 11 is 1.60. The van der Waals surface area contributed by atoms with E-state index in [1.807, 2.05) is 43.6 Å². The van der Waals surface area contributed by atoms with Gasteiger partial charge in [-0.3, -0.25) is 4.79 Å². The molecule has 3 aromatic rings. The quantitative estimate of drug-likeness (QED) is 0.769. The van der Waals surface area contributed by atoms with E-state index in [4.69, 9.17) is 0 Å². The number of para-hydroxylation sites is 1. The van der Waals surface area contributed by atoms with E-state index in [-0.39, 0.29) is 5.91 Å². The van der Waals surface area contributed by atoms with Crippen LogP contribution in [0.2, 0.25) is 0 Å². The van der Waals surface area contributed by atoms with E-state index in [2.05, 4.69) is 15.3 Å². The first-order chi connectivity index (χ1) is 9.24. The van der Waals surface area contributed by atoms with Gasteiger partial charge in [-0.25, -0.2) is 4.98 Å². The van der Waals surface area contributed by atoms with Crippen molar-refractivity contribution in [1.29, 1.82) is 0 Å². The molecule has 0 saturated heterocycles. The van der Waals surface area contributed by atoms with Gasteiger partial charge in [-0.05, 0) is 19.1 Å². The summed E-state index contributed by atoms with van der Waals surface area (Å²) in [5, 5.41) is 4.86. The third-order valence-electron chi connectivity index (χ3n) is 2.90. The topological polar surface area (TPSA) is 57.8 Å². The summed E-state index contributed by atoms with van der Waals surface area (Å²) in [6.45, 7) is 2.47. The van der Waals surface area contributed by atoms with E-state index in [1.54, 1.807) is 11.3 Å². The first kappa shape index (κ1) is 11.9. The molecule has 0 aliphatic heterocycles. The van der Waals surface area contributed by atoms with Crippen LogP contribution in [-0.2, 0) is 6.54 Å². The van der Waals surface area contributed by atoms with Crippen molar-refractivity contribution in [1.82, 2.24) is 15.3 Å². The number of amides is 1. The average molecular weight is 271 g/mol. The summed E-state index contributed by atoms with van der Waals surface area (Å²) in [5.41, 5.74) is 1.53. The highest BCUT2D eigenvalue weighted by Crippen LogP contribution is 2.17. The minimum absolute atomic E-state index is 0.0825. The van der Waals surface area contributed by atoms with Gasteiger partial charge in [0.1, 0.15) is 5.01 Å². The molecule has 0 atom stereocenters. The second-order valence-corrected chi connectivity index (χ2v) is 5.61. The van der Waals surface area contributed by atoms with E-state index in [0.717, 1.165) is 20.8 Å². The number of rotatable bonds is 3. The van der Waals surface area contributed by atoms with E-state index >= 15 is 0 Å². The number of aromatic amines is 1. The SMILES string of the molecule is Cc1cnc(CNC(=O)c2cccc3cc[nH]c23)s1. The van der Waals surface area contributed by atoms with Crippen molar-refractivity contribution in [2.45, 2.75) is 13.5 Å². The highest BCUT2D eigenvalue weighted by atomic mass is 32.1.